The minimum absolute atomic E-state index is 1.09. The Bertz CT molecular complexity index is 3160. The Balaban J connectivity index is 0.998. The molecule has 0 radical (unpaired) electrons. The van der Waals surface area contributed by atoms with Crippen molar-refractivity contribution in [2.75, 3.05) is 4.90 Å². The molecule has 11 rings (SSSR count). The Kier molecular flexibility index (Phi) is 10.1. The number of para-hydroxylation sites is 1. The van der Waals surface area contributed by atoms with Gasteiger partial charge in [0.25, 0.3) is 0 Å². The van der Waals surface area contributed by atoms with E-state index in [0.717, 1.165) is 29.9 Å². The number of allylic oxidation sites excluding steroid dienone is 1. The van der Waals surface area contributed by atoms with Gasteiger partial charge in [-0.15, -0.1) is 0 Å². The Hall–Kier alpha value is -8.00. The van der Waals surface area contributed by atoms with Crippen LogP contribution < -0.4 is 4.90 Å². The maximum absolute atomic E-state index is 2.37. The quantitative estimate of drug-likeness (QED) is 0.140. The van der Waals surface area contributed by atoms with E-state index in [1.165, 1.54) is 88.7 Å². The molecule has 0 N–H and O–H groups in total. The molecule has 1 aliphatic rings. The summed E-state index contributed by atoms with van der Waals surface area (Å²) in [5.41, 5.74) is 20.6. The van der Waals surface area contributed by atoms with Crippen molar-refractivity contribution in [2.24, 2.45) is 0 Å². The first kappa shape index (κ1) is 38.0. The first-order valence-corrected chi connectivity index (χ1v) is 22.0. The standard InChI is InChI=1S/C62H45N/c1-5-17-44(18-6-1)54-42-60(47-20-7-2-8-21-47)62(61(43-54)48-22-9-3-10-23-48)49-33-37-57(38-34-49)63(55-26-11-4-12-27-55)56-35-31-46(32-36-56)53-40-51-25-15-16-28-58(51)59(41-53)52-30-29-45-19-13-14-24-50(45)39-52/h1-12,14-18,20-43H,13,19H2. The summed E-state index contributed by atoms with van der Waals surface area (Å²) in [6.07, 6.45) is 6.80. The van der Waals surface area contributed by atoms with Gasteiger partial charge in [-0.2, -0.15) is 0 Å². The van der Waals surface area contributed by atoms with Gasteiger partial charge in [-0.3, -0.25) is 0 Å². The molecule has 0 saturated carbocycles. The summed E-state index contributed by atoms with van der Waals surface area (Å²) in [6, 6.07) is 86.4. The van der Waals surface area contributed by atoms with E-state index in [2.05, 4.69) is 254 Å². The van der Waals surface area contributed by atoms with Gasteiger partial charge < -0.3 is 4.90 Å². The molecule has 1 nitrogen and oxygen atoms in total. The second kappa shape index (κ2) is 16.8. The molecule has 0 aromatic heterocycles. The number of fused-ring (bicyclic) bond motifs is 2. The highest BCUT2D eigenvalue weighted by atomic mass is 15.1. The first-order valence-electron chi connectivity index (χ1n) is 22.0. The van der Waals surface area contributed by atoms with Gasteiger partial charge in [0.15, 0.2) is 0 Å². The second-order valence-corrected chi connectivity index (χ2v) is 16.4. The van der Waals surface area contributed by atoms with E-state index in [0.29, 0.717) is 0 Å². The molecule has 10 aromatic rings. The van der Waals surface area contributed by atoms with Crippen LogP contribution in [-0.2, 0) is 6.42 Å². The molecule has 0 heterocycles. The smallest absolute Gasteiger partial charge is 0.0462 e. The third kappa shape index (κ3) is 7.56. The van der Waals surface area contributed by atoms with Crippen molar-refractivity contribution in [1.82, 2.24) is 0 Å². The van der Waals surface area contributed by atoms with Gasteiger partial charge in [0.1, 0.15) is 0 Å². The van der Waals surface area contributed by atoms with Crippen molar-refractivity contribution in [3.8, 4) is 66.8 Å². The number of hydrogen-bond acceptors (Lipinski definition) is 1. The molecule has 0 saturated heterocycles. The second-order valence-electron chi connectivity index (χ2n) is 16.4. The van der Waals surface area contributed by atoms with Gasteiger partial charge in [-0.05, 0) is 168 Å². The maximum Gasteiger partial charge on any atom is 0.0462 e. The molecule has 0 aliphatic heterocycles. The summed E-state index contributed by atoms with van der Waals surface area (Å²) < 4.78 is 0. The third-order valence-corrected chi connectivity index (χ3v) is 12.5. The van der Waals surface area contributed by atoms with Crippen LogP contribution in [0.1, 0.15) is 17.5 Å². The van der Waals surface area contributed by atoms with Gasteiger partial charge in [-0.1, -0.05) is 182 Å². The lowest BCUT2D eigenvalue weighted by Crippen LogP contribution is -2.09. The summed E-state index contributed by atoms with van der Waals surface area (Å²) in [5.74, 6) is 0. The van der Waals surface area contributed by atoms with E-state index in [1.54, 1.807) is 0 Å². The third-order valence-electron chi connectivity index (χ3n) is 12.5. The Morgan fingerprint density at radius 3 is 1.43 bits per heavy atom. The fourth-order valence-electron chi connectivity index (χ4n) is 9.36. The molecule has 0 fully saturated rings. The lowest BCUT2D eigenvalue weighted by atomic mass is 9.84. The first-order chi connectivity index (χ1) is 31.2. The number of aryl methyl sites for hydroxylation is 1. The molecule has 0 atom stereocenters. The van der Waals surface area contributed by atoms with Crippen LogP contribution in [0, 0.1) is 0 Å². The number of hydrogen-bond donors (Lipinski definition) is 0. The molecular weight excluding hydrogens is 759 g/mol. The van der Waals surface area contributed by atoms with E-state index in [1.807, 2.05) is 0 Å². The van der Waals surface area contributed by atoms with Crippen LogP contribution in [0.4, 0.5) is 17.1 Å². The van der Waals surface area contributed by atoms with Crippen molar-refractivity contribution in [1.29, 1.82) is 0 Å². The highest BCUT2D eigenvalue weighted by Crippen LogP contribution is 2.45. The fourth-order valence-corrected chi connectivity index (χ4v) is 9.36. The molecular formula is C62H45N. The summed E-state index contributed by atoms with van der Waals surface area (Å²) in [7, 11) is 0. The minimum Gasteiger partial charge on any atom is -0.311 e. The van der Waals surface area contributed by atoms with Crippen LogP contribution in [0.5, 0.6) is 0 Å². The van der Waals surface area contributed by atoms with Crippen LogP contribution >= 0.6 is 0 Å². The van der Waals surface area contributed by atoms with E-state index in [-0.39, 0.29) is 0 Å². The molecule has 1 heteroatoms. The maximum atomic E-state index is 2.37. The average Bonchev–Trinajstić information content (AvgIpc) is 3.37. The molecule has 10 aromatic carbocycles. The van der Waals surface area contributed by atoms with E-state index in [9.17, 15) is 0 Å². The molecule has 0 bridgehead atoms. The normalized spacial score (nSPS) is 11.9. The van der Waals surface area contributed by atoms with Gasteiger partial charge in [0.2, 0.25) is 0 Å². The van der Waals surface area contributed by atoms with E-state index in [4.69, 9.17) is 0 Å². The summed E-state index contributed by atoms with van der Waals surface area (Å²) in [5, 5.41) is 2.52. The minimum atomic E-state index is 1.09. The van der Waals surface area contributed by atoms with Gasteiger partial charge in [-0.25, -0.2) is 0 Å². The average molecular weight is 804 g/mol. The molecule has 0 amide bonds. The molecule has 298 valence electrons. The highest BCUT2D eigenvalue weighted by Gasteiger charge is 2.19. The largest absolute Gasteiger partial charge is 0.311 e. The van der Waals surface area contributed by atoms with E-state index >= 15 is 0 Å². The number of rotatable bonds is 9. The van der Waals surface area contributed by atoms with Crippen molar-refractivity contribution in [2.45, 2.75) is 12.8 Å². The van der Waals surface area contributed by atoms with E-state index < -0.39 is 0 Å². The summed E-state index contributed by atoms with van der Waals surface area (Å²) >= 11 is 0. The Labute approximate surface area is 370 Å². The highest BCUT2D eigenvalue weighted by molar-refractivity contribution is 6.01. The van der Waals surface area contributed by atoms with Crippen LogP contribution in [0.3, 0.4) is 0 Å². The van der Waals surface area contributed by atoms with Crippen molar-refractivity contribution in [3.05, 3.63) is 254 Å². The zero-order valence-electron chi connectivity index (χ0n) is 35.0. The predicted molar refractivity (Wildman–Crippen MR) is 269 cm³/mol. The number of benzene rings is 10. The molecule has 1 aliphatic carbocycles. The molecule has 0 unspecified atom stereocenters. The monoisotopic (exact) mass is 803 g/mol. The fraction of sp³-hybridized carbons (Fsp3) is 0.0323. The Morgan fingerprint density at radius 2 is 0.794 bits per heavy atom. The molecule has 63 heavy (non-hydrogen) atoms. The molecule has 0 spiro atoms. The summed E-state index contributed by atoms with van der Waals surface area (Å²) in [6.45, 7) is 0. The lowest BCUT2D eigenvalue weighted by molar-refractivity contribution is 0.986. The van der Waals surface area contributed by atoms with Crippen LogP contribution in [0.15, 0.2) is 243 Å². The number of anilines is 3. The number of nitrogens with zero attached hydrogens (tertiary/aromatic N) is 1. The van der Waals surface area contributed by atoms with Crippen molar-refractivity contribution in [3.63, 3.8) is 0 Å². The van der Waals surface area contributed by atoms with Gasteiger partial charge in [0, 0.05) is 17.1 Å². The predicted octanol–water partition coefficient (Wildman–Crippen LogP) is 17.3. The van der Waals surface area contributed by atoms with Crippen LogP contribution in [0.2, 0.25) is 0 Å². The zero-order chi connectivity index (χ0) is 42.0. The topological polar surface area (TPSA) is 3.24 Å². The van der Waals surface area contributed by atoms with Crippen molar-refractivity contribution >= 4 is 33.9 Å². The zero-order valence-corrected chi connectivity index (χ0v) is 35.0. The van der Waals surface area contributed by atoms with Crippen molar-refractivity contribution < 1.29 is 0 Å². The Morgan fingerprint density at radius 1 is 0.317 bits per heavy atom. The van der Waals surface area contributed by atoms with Gasteiger partial charge in [0.05, 0.1) is 0 Å². The summed E-state index contributed by atoms with van der Waals surface area (Å²) in [4.78, 5) is 2.36. The van der Waals surface area contributed by atoms with Crippen LogP contribution in [0.25, 0.3) is 83.6 Å². The van der Waals surface area contributed by atoms with Crippen LogP contribution in [-0.4, -0.2) is 0 Å². The SMILES string of the molecule is C1=Cc2cc(-c3cc(-c4ccc(N(c5ccccc5)c5ccc(-c6c(-c7ccccc7)cc(-c7ccccc7)cc6-c6ccccc6)cc5)cc4)cc4ccccc34)ccc2CC1. The van der Waals surface area contributed by atoms with Gasteiger partial charge >= 0.3 is 0 Å². The lowest BCUT2D eigenvalue weighted by Gasteiger charge is -2.26.